The molecule has 2 bridgehead atoms. The minimum absolute atomic E-state index is 0.0228. The van der Waals surface area contributed by atoms with Crippen molar-refractivity contribution in [1.29, 1.82) is 0 Å². The lowest BCUT2D eigenvalue weighted by molar-refractivity contribution is -0.0457. The molecule has 1 fully saturated rings. The SMILES string of the molecule is C=S1(=O)NC(=O)c2ccc3c(c2)N(C[C@@H]2CC[C@H]2[C@](O)(Cc2noc(C)c2C)/C=C/C[C@H](C)[C@H]1C)C[C@@]1(CCCc2cc(Cl)ccc21)CO3. The Hall–Kier alpha value is -3.27. The van der Waals surface area contributed by atoms with E-state index in [1.807, 2.05) is 58.0 Å². The van der Waals surface area contributed by atoms with E-state index in [2.05, 4.69) is 32.8 Å². The summed E-state index contributed by atoms with van der Waals surface area (Å²) in [7, 11) is -3.00. The van der Waals surface area contributed by atoms with Crippen LogP contribution in [-0.2, 0) is 28.0 Å². The molecular weight excluding hydrogens is 658 g/mol. The second-order valence-corrected chi connectivity index (χ2v) is 18.0. The van der Waals surface area contributed by atoms with Crippen molar-refractivity contribution in [2.75, 3.05) is 24.6 Å². The van der Waals surface area contributed by atoms with E-state index in [0.29, 0.717) is 43.9 Å². The smallest absolute Gasteiger partial charge is 0.262 e. The average molecular weight is 706 g/mol. The Balaban J connectivity index is 1.33. The van der Waals surface area contributed by atoms with Crippen LogP contribution in [0.1, 0.15) is 84.5 Å². The third kappa shape index (κ3) is 6.31. The molecule has 8 nitrogen and oxygen atoms in total. The zero-order valence-electron chi connectivity index (χ0n) is 29.0. The highest BCUT2D eigenvalue weighted by molar-refractivity contribution is 7.99. The fourth-order valence-corrected chi connectivity index (χ4v) is 10.2. The summed E-state index contributed by atoms with van der Waals surface area (Å²) in [4.78, 5) is 16.1. The molecule has 49 heavy (non-hydrogen) atoms. The number of benzene rings is 2. The molecule has 10 heteroatoms. The molecular formula is C39H48ClN3O5S. The van der Waals surface area contributed by atoms with E-state index < -0.39 is 26.5 Å². The highest BCUT2D eigenvalue weighted by Gasteiger charge is 2.48. The first-order valence-corrected chi connectivity index (χ1v) is 19.8. The minimum atomic E-state index is -3.00. The first kappa shape index (κ1) is 34.2. The molecule has 0 radical (unpaired) electrons. The summed E-state index contributed by atoms with van der Waals surface area (Å²) in [6.45, 7) is 9.65. The predicted molar refractivity (Wildman–Crippen MR) is 196 cm³/mol. The van der Waals surface area contributed by atoms with Gasteiger partial charge in [-0.1, -0.05) is 41.9 Å². The minimum Gasteiger partial charge on any atom is -0.490 e. The number of fused-ring (bicyclic) bond motifs is 4. The molecule has 2 aromatic carbocycles. The van der Waals surface area contributed by atoms with Crippen LogP contribution in [0.25, 0.3) is 0 Å². The fourth-order valence-electron chi connectivity index (χ4n) is 8.56. The van der Waals surface area contributed by atoms with Crippen LogP contribution in [0.3, 0.4) is 0 Å². The zero-order chi connectivity index (χ0) is 34.7. The number of rotatable bonds is 2. The summed E-state index contributed by atoms with van der Waals surface area (Å²) in [5.41, 5.74) is 4.07. The number of halogens is 1. The largest absolute Gasteiger partial charge is 0.490 e. The number of aryl methyl sites for hydroxylation is 2. The highest BCUT2D eigenvalue weighted by atomic mass is 35.5. The number of amides is 1. The summed E-state index contributed by atoms with van der Waals surface area (Å²) in [5.74, 6) is 5.16. The van der Waals surface area contributed by atoms with Crippen molar-refractivity contribution in [1.82, 2.24) is 9.88 Å². The number of nitrogens with one attached hydrogen (secondary N) is 1. The van der Waals surface area contributed by atoms with Gasteiger partial charge in [-0.15, -0.1) is 0 Å². The molecule has 2 N–H and O–H groups in total. The quantitative estimate of drug-likeness (QED) is 0.224. The predicted octanol–water partition coefficient (Wildman–Crippen LogP) is 6.76. The van der Waals surface area contributed by atoms with Crippen LogP contribution in [0, 0.1) is 31.6 Å². The summed E-state index contributed by atoms with van der Waals surface area (Å²) in [6, 6.07) is 11.7. The second kappa shape index (κ2) is 12.8. The molecule has 1 unspecified atom stereocenters. The highest BCUT2D eigenvalue weighted by Crippen LogP contribution is 2.49. The molecule has 3 aromatic rings. The van der Waals surface area contributed by atoms with Crippen molar-refractivity contribution in [3.05, 3.63) is 87.3 Å². The number of hydrogen-bond donors (Lipinski definition) is 2. The van der Waals surface area contributed by atoms with Gasteiger partial charge in [0.2, 0.25) is 0 Å². The standard InChI is InChI=1S/C39H48ClN3O5S/c1-24-8-6-17-39(45,20-34-25(2)26(3)48-41-34)33-13-10-30(33)21-43-22-38(16-7-9-28-18-31(40)12-14-32(28)38)23-47-36-15-11-29(19-35(36)43)37(44)42-49(5,46)27(24)4/h6,11-12,14-15,17-19,24,27,30,33,45H,5,7-10,13,16,20-23H2,1-4H3,(H,42,44,46)/b17-6+/t24-,27+,30-,33+,38-,39+,49?/m0/s1. The number of aliphatic hydroxyl groups is 1. The molecule has 4 aliphatic rings. The summed E-state index contributed by atoms with van der Waals surface area (Å²) in [6.07, 6.45) is 9.71. The zero-order valence-corrected chi connectivity index (χ0v) is 30.5. The van der Waals surface area contributed by atoms with Gasteiger partial charge in [-0.25, -0.2) is 4.21 Å². The van der Waals surface area contributed by atoms with Gasteiger partial charge in [0.05, 0.1) is 33.3 Å². The van der Waals surface area contributed by atoms with Gasteiger partial charge in [0.15, 0.2) is 0 Å². The van der Waals surface area contributed by atoms with Crippen molar-refractivity contribution in [2.24, 2.45) is 17.8 Å². The molecule has 2 aliphatic heterocycles. The lowest BCUT2D eigenvalue weighted by atomic mass is 9.62. The molecule has 1 aromatic heterocycles. The Kier molecular flexibility index (Phi) is 8.94. The van der Waals surface area contributed by atoms with E-state index in [1.165, 1.54) is 11.1 Å². The normalized spacial score (nSPS) is 33.8. The van der Waals surface area contributed by atoms with E-state index in [9.17, 15) is 14.1 Å². The van der Waals surface area contributed by atoms with Gasteiger partial charge in [-0.3, -0.25) is 9.52 Å². The number of anilines is 1. The number of carbonyl (C=O) groups is 1. The number of nitrogens with zero attached hydrogens (tertiary/aromatic N) is 2. The maximum Gasteiger partial charge on any atom is 0.262 e. The molecule has 0 saturated heterocycles. The molecule has 1 amide bonds. The van der Waals surface area contributed by atoms with Crippen LogP contribution in [0.2, 0.25) is 5.02 Å². The van der Waals surface area contributed by atoms with Gasteiger partial charge < -0.3 is 19.3 Å². The third-order valence-electron chi connectivity index (χ3n) is 12.1. The van der Waals surface area contributed by atoms with Crippen molar-refractivity contribution in [3.8, 4) is 5.75 Å². The Morgan fingerprint density at radius 2 is 2.00 bits per heavy atom. The fraction of sp³-hybridized carbons (Fsp3) is 0.513. The summed E-state index contributed by atoms with van der Waals surface area (Å²) in [5, 5.41) is 17.3. The Morgan fingerprint density at radius 1 is 1.18 bits per heavy atom. The van der Waals surface area contributed by atoms with Crippen LogP contribution < -0.4 is 14.4 Å². The molecule has 7 atom stereocenters. The maximum absolute atomic E-state index is 13.9. The first-order valence-electron chi connectivity index (χ1n) is 17.6. The summed E-state index contributed by atoms with van der Waals surface area (Å²) >= 11 is 6.47. The van der Waals surface area contributed by atoms with Gasteiger partial charge in [0, 0.05) is 46.3 Å². The van der Waals surface area contributed by atoms with Gasteiger partial charge in [0.25, 0.3) is 5.91 Å². The number of hydrogen-bond acceptors (Lipinski definition) is 7. The molecule has 7 rings (SSSR count). The van der Waals surface area contributed by atoms with E-state index in [-0.39, 0.29) is 23.2 Å². The number of ether oxygens (including phenoxy) is 1. The Labute approximate surface area is 295 Å². The van der Waals surface area contributed by atoms with E-state index >= 15 is 0 Å². The average Bonchev–Trinajstić information content (AvgIpc) is 3.26. The number of aromatic nitrogens is 1. The van der Waals surface area contributed by atoms with Crippen molar-refractivity contribution >= 4 is 38.8 Å². The van der Waals surface area contributed by atoms with Crippen molar-refractivity contribution in [3.63, 3.8) is 0 Å². The molecule has 3 heterocycles. The molecule has 1 saturated carbocycles. The van der Waals surface area contributed by atoms with Crippen molar-refractivity contribution < 1.29 is 23.4 Å². The van der Waals surface area contributed by atoms with Gasteiger partial charge in [-0.2, -0.15) is 0 Å². The van der Waals surface area contributed by atoms with E-state index in [4.69, 9.17) is 20.9 Å². The van der Waals surface area contributed by atoms with Gasteiger partial charge in [-0.05, 0) is 124 Å². The third-order valence-corrected chi connectivity index (χ3v) is 14.5. The van der Waals surface area contributed by atoms with Crippen LogP contribution in [-0.4, -0.2) is 56.8 Å². The molecule has 2 aliphatic carbocycles. The Morgan fingerprint density at radius 3 is 2.73 bits per heavy atom. The first-order chi connectivity index (χ1) is 23.3. The Bertz CT molecular complexity index is 1910. The van der Waals surface area contributed by atoms with Crippen LogP contribution in [0.15, 0.2) is 53.1 Å². The van der Waals surface area contributed by atoms with E-state index in [0.717, 1.165) is 59.8 Å². The van der Waals surface area contributed by atoms with Crippen molar-refractivity contribution in [2.45, 2.75) is 88.9 Å². The second-order valence-electron chi connectivity index (χ2n) is 15.2. The number of carbonyl (C=O) groups excluding carboxylic acids is 1. The van der Waals surface area contributed by atoms with E-state index in [1.54, 1.807) is 6.07 Å². The molecule has 1 spiro atoms. The summed E-state index contributed by atoms with van der Waals surface area (Å²) < 4.78 is 28.9. The molecule has 262 valence electrons. The monoisotopic (exact) mass is 705 g/mol. The maximum atomic E-state index is 13.9. The van der Waals surface area contributed by atoms with Gasteiger partial charge in [0.1, 0.15) is 11.5 Å². The lowest BCUT2D eigenvalue weighted by Gasteiger charge is -2.49. The number of allylic oxidation sites excluding steroid dienone is 1. The van der Waals surface area contributed by atoms with Gasteiger partial charge >= 0.3 is 0 Å². The topological polar surface area (TPSA) is 105 Å². The van der Waals surface area contributed by atoms with Crippen LogP contribution >= 0.6 is 11.6 Å². The lowest BCUT2D eigenvalue weighted by Crippen LogP contribution is -2.53. The van der Waals surface area contributed by atoms with Crippen LogP contribution in [0.5, 0.6) is 5.75 Å². The van der Waals surface area contributed by atoms with Crippen LogP contribution in [0.4, 0.5) is 5.69 Å².